The van der Waals surface area contributed by atoms with Gasteiger partial charge in [0.1, 0.15) is 0 Å². The molecule has 1 aromatic heterocycles. The summed E-state index contributed by atoms with van der Waals surface area (Å²) in [5.41, 5.74) is 3.18. The fourth-order valence-electron chi connectivity index (χ4n) is 4.27. The monoisotopic (exact) mass is 364 g/mol. The first-order valence-corrected chi connectivity index (χ1v) is 9.76. The van der Waals surface area contributed by atoms with E-state index in [1.54, 1.807) is 0 Å². The lowest BCUT2D eigenvalue weighted by Crippen LogP contribution is -2.49. The van der Waals surface area contributed by atoms with Crippen LogP contribution >= 0.6 is 0 Å². The molecule has 2 saturated heterocycles. The maximum atomic E-state index is 12.8. The third-order valence-electron chi connectivity index (χ3n) is 5.72. The number of nitrogens with zero attached hydrogens (tertiary/aromatic N) is 3. The number of piperidine rings is 1. The molecule has 0 unspecified atom stereocenters. The van der Waals surface area contributed by atoms with Crippen molar-refractivity contribution >= 4 is 5.91 Å². The van der Waals surface area contributed by atoms with E-state index in [1.807, 2.05) is 18.7 Å². The second-order valence-electron chi connectivity index (χ2n) is 7.77. The van der Waals surface area contributed by atoms with Crippen LogP contribution in [0.25, 0.3) is 0 Å². The summed E-state index contributed by atoms with van der Waals surface area (Å²) in [7, 11) is 0. The van der Waals surface area contributed by atoms with Crippen LogP contribution < -0.4 is 0 Å². The summed E-state index contributed by atoms with van der Waals surface area (Å²) >= 11 is 0. The van der Waals surface area contributed by atoms with E-state index < -0.39 is 0 Å². The molecule has 0 radical (unpaired) electrons. The van der Waals surface area contributed by atoms with Crippen molar-refractivity contribution in [2.45, 2.75) is 33.1 Å². The molecule has 7 nitrogen and oxygen atoms in total. The smallest absolute Gasteiger partial charge is 0.222 e. The summed E-state index contributed by atoms with van der Waals surface area (Å²) in [6.07, 6.45) is 2.22. The maximum absolute atomic E-state index is 12.8. The van der Waals surface area contributed by atoms with Gasteiger partial charge in [0.05, 0.1) is 18.9 Å². The molecule has 146 valence electrons. The van der Waals surface area contributed by atoms with Gasteiger partial charge < -0.3 is 14.7 Å². The molecule has 2 N–H and O–H groups in total. The fourth-order valence-corrected chi connectivity index (χ4v) is 4.27. The van der Waals surface area contributed by atoms with Crippen molar-refractivity contribution in [1.29, 1.82) is 0 Å². The predicted octanol–water partition coefficient (Wildman–Crippen LogP) is 0.748. The van der Waals surface area contributed by atoms with Gasteiger partial charge in [-0.2, -0.15) is 5.10 Å². The first-order valence-electron chi connectivity index (χ1n) is 9.76. The average Bonchev–Trinajstić information content (AvgIpc) is 2.98. The third kappa shape index (κ3) is 4.84. The molecule has 7 heteroatoms. The number of H-pyrrole nitrogens is 1. The van der Waals surface area contributed by atoms with Crippen LogP contribution in [0.3, 0.4) is 0 Å². The molecule has 1 amide bonds. The Labute approximate surface area is 155 Å². The highest BCUT2D eigenvalue weighted by Gasteiger charge is 2.31. The van der Waals surface area contributed by atoms with E-state index in [1.165, 1.54) is 0 Å². The molecule has 0 aliphatic carbocycles. The largest absolute Gasteiger partial charge is 0.396 e. The zero-order valence-electron chi connectivity index (χ0n) is 16.0. The Morgan fingerprint density at radius 2 is 2.00 bits per heavy atom. The first-order chi connectivity index (χ1) is 12.6. The van der Waals surface area contributed by atoms with E-state index in [4.69, 9.17) is 4.74 Å². The van der Waals surface area contributed by atoms with Crippen LogP contribution in [0.5, 0.6) is 0 Å². The zero-order valence-corrected chi connectivity index (χ0v) is 16.0. The van der Waals surface area contributed by atoms with Crippen molar-refractivity contribution in [1.82, 2.24) is 20.0 Å². The normalized spacial score (nSPS) is 24.8. The topological polar surface area (TPSA) is 81.7 Å². The molecule has 2 aliphatic rings. The number of likely N-dealkylation sites (tertiary alicyclic amines) is 1. The number of hydrogen-bond donors (Lipinski definition) is 2. The number of morpholine rings is 1. The van der Waals surface area contributed by atoms with Gasteiger partial charge >= 0.3 is 0 Å². The molecular weight excluding hydrogens is 332 g/mol. The minimum Gasteiger partial charge on any atom is -0.396 e. The number of aliphatic hydroxyl groups is 1. The maximum Gasteiger partial charge on any atom is 0.222 e. The lowest BCUT2D eigenvalue weighted by atomic mass is 9.88. The number of hydrogen-bond acceptors (Lipinski definition) is 5. The van der Waals surface area contributed by atoms with Gasteiger partial charge in [-0.05, 0) is 44.1 Å². The van der Waals surface area contributed by atoms with Crippen molar-refractivity contribution < 1.29 is 14.6 Å². The van der Waals surface area contributed by atoms with Crippen LogP contribution in [0, 0.1) is 25.7 Å². The third-order valence-corrected chi connectivity index (χ3v) is 5.72. The summed E-state index contributed by atoms with van der Waals surface area (Å²) in [6.45, 7) is 10.1. The van der Waals surface area contributed by atoms with E-state index in [0.29, 0.717) is 18.9 Å². The number of aromatic amines is 1. The molecule has 26 heavy (non-hydrogen) atoms. The zero-order chi connectivity index (χ0) is 18.5. The quantitative estimate of drug-likeness (QED) is 0.778. The van der Waals surface area contributed by atoms with Crippen LogP contribution in [-0.4, -0.2) is 83.6 Å². The number of ether oxygens (including phenoxy) is 1. The fraction of sp³-hybridized carbons (Fsp3) is 0.789. The van der Waals surface area contributed by atoms with Gasteiger partial charge in [-0.15, -0.1) is 0 Å². The number of carbonyl (C=O) groups is 1. The second kappa shape index (κ2) is 8.97. The molecule has 2 atom stereocenters. The summed E-state index contributed by atoms with van der Waals surface area (Å²) < 4.78 is 5.42. The van der Waals surface area contributed by atoms with Crippen molar-refractivity contribution in [2.24, 2.45) is 11.8 Å². The van der Waals surface area contributed by atoms with E-state index in [9.17, 15) is 9.90 Å². The van der Waals surface area contributed by atoms with Crippen molar-refractivity contribution in [3.8, 4) is 0 Å². The van der Waals surface area contributed by atoms with E-state index in [0.717, 1.165) is 69.2 Å². The SMILES string of the molecule is Cc1n[nH]c(C)c1CCC(=O)N1C[C@@H](CO)C[C@@H](CN2CCOCC2)C1. The summed E-state index contributed by atoms with van der Waals surface area (Å²) in [5, 5.41) is 16.9. The Kier molecular flexibility index (Phi) is 6.67. The molecule has 0 aromatic carbocycles. The highest BCUT2D eigenvalue weighted by atomic mass is 16.5. The highest BCUT2D eigenvalue weighted by molar-refractivity contribution is 5.76. The number of carbonyl (C=O) groups excluding carboxylic acids is 1. The molecule has 1 aromatic rings. The number of amides is 1. The van der Waals surface area contributed by atoms with Gasteiger partial charge in [-0.3, -0.25) is 14.8 Å². The highest BCUT2D eigenvalue weighted by Crippen LogP contribution is 2.24. The molecule has 2 aliphatic heterocycles. The predicted molar refractivity (Wildman–Crippen MR) is 98.9 cm³/mol. The molecule has 3 rings (SSSR count). The van der Waals surface area contributed by atoms with Crippen LogP contribution in [0.1, 0.15) is 29.8 Å². The van der Waals surface area contributed by atoms with Crippen LogP contribution in [0.4, 0.5) is 0 Å². The Bertz CT molecular complexity index is 578. The van der Waals surface area contributed by atoms with E-state index in [-0.39, 0.29) is 18.4 Å². The molecule has 0 bridgehead atoms. The average molecular weight is 364 g/mol. The van der Waals surface area contributed by atoms with E-state index in [2.05, 4.69) is 15.1 Å². The van der Waals surface area contributed by atoms with Gasteiger partial charge in [-0.1, -0.05) is 0 Å². The summed E-state index contributed by atoms with van der Waals surface area (Å²) in [4.78, 5) is 17.2. The second-order valence-corrected chi connectivity index (χ2v) is 7.77. The summed E-state index contributed by atoms with van der Waals surface area (Å²) in [6, 6.07) is 0. The van der Waals surface area contributed by atoms with Gasteiger partial charge in [0, 0.05) is 51.4 Å². The van der Waals surface area contributed by atoms with Gasteiger partial charge in [0.15, 0.2) is 0 Å². The van der Waals surface area contributed by atoms with Gasteiger partial charge in [0.2, 0.25) is 5.91 Å². The van der Waals surface area contributed by atoms with Crippen molar-refractivity contribution in [3.05, 3.63) is 17.0 Å². The molecule has 0 spiro atoms. The number of aryl methyl sites for hydroxylation is 2. The molecule has 3 heterocycles. The lowest BCUT2D eigenvalue weighted by molar-refractivity contribution is -0.134. The standard InChI is InChI=1S/C19H32N4O3/c1-14-18(15(2)21-20-14)3-4-19(25)23-11-16(9-17(12-23)13-24)10-22-5-7-26-8-6-22/h16-17,24H,3-13H2,1-2H3,(H,20,21)/t16-,17-/m0/s1. The minimum absolute atomic E-state index is 0.156. The number of rotatable bonds is 6. The number of nitrogens with one attached hydrogen (secondary N) is 1. The van der Waals surface area contributed by atoms with Crippen LogP contribution in [0.15, 0.2) is 0 Å². The minimum atomic E-state index is 0.156. The van der Waals surface area contributed by atoms with E-state index >= 15 is 0 Å². The van der Waals surface area contributed by atoms with Crippen molar-refractivity contribution in [2.75, 3.05) is 52.5 Å². The summed E-state index contributed by atoms with van der Waals surface area (Å²) in [5.74, 6) is 0.812. The van der Waals surface area contributed by atoms with Gasteiger partial charge in [-0.25, -0.2) is 0 Å². The van der Waals surface area contributed by atoms with Crippen LogP contribution in [0.2, 0.25) is 0 Å². The van der Waals surface area contributed by atoms with Crippen molar-refractivity contribution in [3.63, 3.8) is 0 Å². The Balaban J connectivity index is 1.55. The lowest BCUT2D eigenvalue weighted by Gasteiger charge is -2.40. The first kappa shape index (κ1) is 19.3. The Morgan fingerprint density at radius 3 is 2.65 bits per heavy atom. The van der Waals surface area contributed by atoms with Gasteiger partial charge in [0.25, 0.3) is 0 Å². The number of aromatic nitrogens is 2. The Morgan fingerprint density at radius 1 is 1.27 bits per heavy atom. The van der Waals surface area contributed by atoms with Crippen LogP contribution in [-0.2, 0) is 16.0 Å². The molecular formula is C19H32N4O3. The molecule has 2 fully saturated rings. The molecule has 0 saturated carbocycles. The Hall–Kier alpha value is -1.44. The number of aliphatic hydroxyl groups excluding tert-OH is 1.